The molecule has 1 aliphatic rings. The van der Waals surface area contributed by atoms with E-state index in [0.29, 0.717) is 11.3 Å². The zero-order valence-corrected chi connectivity index (χ0v) is 13.4. The molecule has 0 aliphatic carbocycles. The van der Waals surface area contributed by atoms with Crippen molar-refractivity contribution in [2.45, 2.75) is 25.8 Å². The lowest BCUT2D eigenvalue weighted by Crippen LogP contribution is -2.42. The molecular weight excluding hydrogens is 328 g/mol. The van der Waals surface area contributed by atoms with Crippen LogP contribution < -0.4 is 10.6 Å². The smallest absolute Gasteiger partial charge is 0.258 e. The Kier molecular flexibility index (Phi) is 3.72. The van der Waals surface area contributed by atoms with Crippen molar-refractivity contribution in [1.82, 2.24) is 0 Å². The lowest BCUT2D eigenvalue weighted by Gasteiger charge is -2.35. The fraction of sp³-hybridized carbons (Fsp3) is 0.235. The van der Waals surface area contributed by atoms with Gasteiger partial charge in [0.15, 0.2) is 0 Å². The summed E-state index contributed by atoms with van der Waals surface area (Å²) < 4.78 is 0.823. The Balaban J connectivity index is 2.04. The second-order valence-corrected chi connectivity index (χ2v) is 6.38. The van der Waals surface area contributed by atoms with Gasteiger partial charge in [-0.05, 0) is 49.6 Å². The number of para-hydroxylation sites is 1. The van der Waals surface area contributed by atoms with Crippen molar-refractivity contribution >= 4 is 33.2 Å². The number of rotatable bonds is 1. The summed E-state index contributed by atoms with van der Waals surface area (Å²) in [6.07, 6.45) is 1.99. The van der Waals surface area contributed by atoms with Gasteiger partial charge in [-0.1, -0.05) is 34.1 Å². The molecule has 0 fully saturated rings. The summed E-state index contributed by atoms with van der Waals surface area (Å²) in [5.41, 5.74) is 9.30. The molecule has 1 amide bonds. The second-order valence-electron chi connectivity index (χ2n) is 5.46. The van der Waals surface area contributed by atoms with Gasteiger partial charge in [-0.2, -0.15) is 0 Å². The van der Waals surface area contributed by atoms with Crippen LogP contribution in [0.25, 0.3) is 0 Å². The first-order chi connectivity index (χ1) is 10.1. The van der Waals surface area contributed by atoms with Gasteiger partial charge >= 0.3 is 0 Å². The van der Waals surface area contributed by atoms with E-state index in [0.717, 1.165) is 23.0 Å². The second kappa shape index (κ2) is 5.53. The van der Waals surface area contributed by atoms with E-state index in [-0.39, 0.29) is 11.9 Å². The highest BCUT2D eigenvalue weighted by Gasteiger charge is 2.28. The van der Waals surface area contributed by atoms with Gasteiger partial charge in [-0.3, -0.25) is 4.79 Å². The number of carbonyl (C=O) groups is 1. The third-order valence-electron chi connectivity index (χ3n) is 3.91. The number of fused-ring (bicyclic) bond motifs is 1. The minimum atomic E-state index is 0.00245. The number of hydrogen-bond acceptors (Lipinski definition) is 2. The topological polar surface area (TPSA) is 46.3 Å². The fourth-order valence-corrected chi connectivity index (χ4v) is 3.38. The lowest BCUT2D eigenvalue weighted by molar-refractivity contribution is 0.0975. The van der Waals surface area contributed by atoms with Gasteiger partial charge < -0.3 is 10.6 Å². The van der Waals surface area contributed by atoms with E-state index in [2.05, 4.69) is 28.9 Å². The van der Waals surface area contributed by atoms with Gasteiger partial charge in [0, 0.05) is 27.5 Å². The molecule has 108 valence electrons. The molecule has 2 N–H and O–H groups in total. The SMILES string of the molecule is CC1CCc2ccccc2N1C(=O)c1cc(N)cc(Br)c1. The molecule has 21 heavy (non-hydrogen) atoms. The zero-order chi connectivity index (χ0) is 15.0. The van der Waals surface area contributed by atoms with E-state index in [1.165, 1.54) is 5.56 Å². The van der Waals surface area contributed by atoms with Gasteiger partial charge in [0.25, 0.3) is 5.91 Å². The van der Waals surface area contributed by atoms with Crippen LogP contribution >= 0.6 is 15.9 Å². The van der Waals surface area contributed by atoms with E-state index in [9.17, 15) is 4.79 Å². The van der Waals surface area contributed by atoms with E-state index in [4.69, 9.17) is 5.73 Å². The summed E-state index contributed by atoms with van der Waals surface area (Å²) in [4.78, 5) is 14.8. The molecule has 2 aromatic carbocycles. The van der Waals surface area contributed by atoms with E-state index in [1.807, 2.05) is 29.2 Å². The summed E-state index contributed by atoms with van der Waals surface area (Å²) in [5, 5.41) is 0. The number of halogens is 1. The fourth-order valence-electron chi connectivity index (χ4n) is 2.87. The number of anilines is 2. The van der Waals surface area contributed by atoms with Crippen LogP contribution in [0.5, 0.6) is 0 Å². The standard InChI is InChI=1S/C17H17BrN2O/c1-11-6-7-12-4-2-3-5-16(12)20(11)17(21)13-8-14(18)10-15(19)9-13/h2-5,8-11H,6-7,19H2,1H3. The van der Waals surface area contributed by atoms with E-state index in [1.54, 1.807) is 12.1 Å². The number of aryl methyl sites for hydroxylation is 1. The van der Waals surface area contributed by atoms with Crippen LogP contribution in [-0.2, 0) is 6.42 Å². The molecule has 1 aliphatic heterocycles. The largest absolute Gasteiger partial charge is 0.399 e. The number of nitrogens with two attached hydrogens (primary N) is 1. The third kappa shape index (κ3) is 2.68. The predicted octanol–water partition coefficient (Wildman–Crippen LogP) is 4.01. The third-order valence-corrected chi connectivity index (χ3v) is 4.37. The number of hydrogen-bond donors (Lipinski definition) is 1. The molecular formula is C17H17BrN2O. The van der Waals surface area contributed by atoms with E-state index >= 15 is 0 Å². The van der Waals surface area contributed by atoms with Crippen molar-refractivity contribution in [1.29, 1.82) is 0 Å². The maximum Gasteiger partial charge on any atom is 0.258 e. The molecule has 2 aromatic rings. The molecule has 0 radical (unpaired) electrons. The predicted molar refractivity (Wildman–Crippen MR) is 89.6 cm³/mol. The Morgan fingerprint density at radius 2 is 2.05 bits per heavy atom. The highest BCUT2D eigenvalue weighted by Crippen LogP contribution is 2.32. The normalized spacial score (nSPS) is 17.4. The number of nitrogen functional groups attached to an aromatic ring is 1. The monoisotopic (exact) mass is 344 g/mol. The summed E-state index contributed by atoms with van der Waals surface area (Å²) >= 11 is 3.40. The van der Waals surface area contributed by atoms with Gasteiger partial charge in [0.1, 0.15) is 0 Å². The molecule has 4 heteroatoms. The number of amides is 1. The average Bonchev–Trinajstić information content (AvgIpc) is 2.45. The molecule has 0 saturated heterocycles. The minimum Gasteiger partial charge on any atom is -0.399 e. The zero-order valence-electron chi connectivity index (χ0n) is 11.8. The van der Waals surface area contributed by atoms with Crippen LogP contribution in [0, 0.1) is 0 Å². The first-order valence-electron chi connectivity index (χ1n) is 7.04. The van der Waals surface area contributed by atoms with Crippen molar-refractivity contribution in [3.8, 4) is 0 Å². The van der Waals surface area contributed by atoms with Gasteiger partial charge in [0.2, 0.25) is 0 Å². The molecule has 0 aromatic heterocycles. The molecule has 0 spiro atoms. The summed E-state index contributed by atoms with van der Waals surface area (Å²) in [6.45, 7) is 2.09. The van der Waals surface area contributed by atoms with Crippen molar-refractivity contribution in [3.05, 3.63) is 58.1 Å². The van der Waals surface area contributed by atoms with Crippen molar-refractivity contribution in [2.75, 3.05) is 10.6 Å². The lowest BCUT2D eigenvalue weighted by atomic mass is 9.95. The Bertz CT molecular complexity index is 679. The molecule has 3 nitrogen and oxygen atoms in total. The van der Waals surface area contributed by atoms with Crippen LogP contribution in [-0.4, -0.2) is 11.9 Å². The average molecular weight is 345 g/mol. The molecule has 3 rings (SSSR count). The summed E-state index contributed by atoms with van der Waals surface area (Å²) in [5.74, 6) is 0.00245. The van der Waals surface area contributed by atoms with Crippen LogP contribution in [0.3, 0.4) is 0 Å². The first kappa shape index (κ1) is 14.1. The minimum absolute atomic E-state index is 0.00245. The van der Waals surface area contributed by atoms with Gasteiger partial charge in [-0.15, -0.1) is 0 Å². The highest BCUT2D eigenvalue weighted by atomic mass is 79.9. The van der Waals surface area contributed by atoms with E-state index < -0.39 is 0 Å². The molecule has 0 saturated carbocycles. The maximum atomic E-state index is 12.9. The molecule has 1 unspecified atom stereocenters. The summed E-state index contributed by atoms with van der Waals surface area (Å²) in [6, 6.07) is 13.7. The summed E-state index contributed by atoms with van der Waals surface area (Å²) in [7, 11) is 0. The molecule has 0 bridgehead atoms. The molecule has 1 heterocycles. The van der Waals surface area contributed by atoms with Crippen molar-refractivity contribution in [3.63, 3.8) is 0 Å². The van der Waals surface area contributed by atoms with Gasteiger partial charge in [-0.25, -0.2) is 0 Å². The highest BCUT2D eigenvalue weighted by molar-refractivity contribution is 9.10. The van der Waals surface area contributed by atoms with Crippen LogP contribution in [0.15, 0.2) is 46.9 Å². The Morgan fingerprint density at radius 3 is 2.81 bits per heavy atom. The Morgan fingerprint density at radius 1 is 1.29 bits per heavy atom. The van der Waals surface area contributed by atoms with Crippen LogP contribution in [0.2, 0.25) is 0 Å². The van der Waals surface area contributed by atoms with Crippen LogP contribution in [0.4, 0.5) is 11.4 Å². The number of benzene rings is 2. The maximum absolute atomic E-state index is 12.9. The number of carbonyl (C=O) groups excluding carboxylic acids is 1. The van der Waals surface area contributed by atoms with Crippen molar-refractivity contribution < 1.29 is 4.79 Å². The Hall–Kier alpha value is -1.81. The molecule has 1 atom stereocenters. The Labute approximate surface area is 132 Å². The quantitative estimate of drug-likeness (QED) is 0.794. The van der Waals surface area contributed by atoms with Crippen LogP contribution in [0.1, 0.15) is 29.3 Å². The van der Waals surface area contributed by atoms with Crippen molar-refractivity contribution in [2.24, 2.45) is 0 Å². The first-order valence-corrected chi connectivity index (χ1v) is 7.83. The van der Waals surface area contributed by atoms with Gasteiger partial charge in [0.05, 0.1) is 0 Å². The number of nitrogens with zero attached hydrogens (tertiary/aromatic N) is 1.